The van der Waals surface area contributed by atoms with E-state index in [4.69, 9.17) is 14.5 Å². The molecule has 0 fully saturated rings. The molecular formula is C26H24BrN3O4S. The van der Waals surface area contributed by atoms with Crippen LogP contribution in [-0.4, -0.2) is 36.6 Å². The number of carbonyl (C=O) groups is 2. The van der Waals surface area contributed by atoms with Gasteiger partial charge in [0.05, 0.1) is 30.4 Å². The van der Waals surface area contributed by atoms with Crippen LogP contribution in [0.1, 0.15) is 37.7 Å². The largest absolute Gasteiger partial charge is 0.493 e. The number of aliphatic imine (C=N–C) groups is 1. The third kappa shape index (κ3) is 4.27. The molecule has 1 unspecified atom stereocenters. The fourth-order valence-corrected chi connectivity index (χ4v) is 6.39. The molecule has 0 spiro atoms. The molecule has 180 valence electrons. The molecule has 7 nitrogen and oxygen atoms in total. The number of nitrogens with zero attached hydrogens (tertiary/aromatic N) is 2. The second kappa shape index (κ2) is 9.54. The van der Waals surface area contributed by atoms with Gasteiger partial charge in [-0.15, -0.1) is 0 Å². The van der Waals surface area contributed by atoms with Gasteiger partial charge in [-0.25, -0.2) is 4.98 Å². The summed E-state index contributed by atoms with van der Waals surface area (Å²) in [5.74, 6) is -0.405. The summed E-state index contributed by atoms with van der Waals surface area (Å²) < 4.78 is 13.2. The molecule has 1 aliphatic carbocycles. The summed E-state index contributed by atoms with van der Waals surface area (Å²) in [5, 5.41) is 3.50. The summed E-state index contributed by atoms with van der Waals surface area (Å²) in [5.41, 5.74) is 3.57. The number of methoxy groups -OCH3 is 2. The Hall–Kier alpha value is -3.04. The molecule has 1 aliphatic heterocycles. The number of halogens is 1. The number of carbonyl (C=O) groups excluding carboxylic acids is 2. The van der Waals surface area contributed by atoms with E-state index >= 15 is 0 Å². The Bertz CT molecular complexity index is 1410. The molecule has 2 atom stereocenters. The number of Topliss-reactive ketones (excluding diaryl/α,β-unsaturated/α-hetero) is 1. The molecule has 0 bridgehead atoms. The Labute approximate surface area is 215 Å². The number of aromatic nitrogens is 1. The lowest BCUT2D eigenvalue weighted by Gasteiger charge is -2.35. The van der Waals surface area contributed by atoms with Gasteiger partial charge in [0.25, 0.3) is 0 Å². The molecule has 1 aromatic heterocycles. The second-order valence-electron chi connectivity index (χ2n) is 8.55. The Morgan fingerprint density at radius 3 is 2.77 bits per heavy atom. The first kappa shape index (κ1) is 23.7. The van der Waals surface area contributed by atoms with Crippen LogP contribution in [0.5, 0.6) is 11.5 Å². The highest BCUT2D eigenvalue weighted by atomic mass is 79.9. The van der Waals surface area contributed by atoms with Gasteiger partial charge in [-0.05, 0) is 44.0 Å². The van der Waals surface area contributed by atoms with Gasteiger partial charge in [0.2, 0.25) is 5.91 Å². The minimum absolute atomic E-state index is 0.0278. The van der Waals surface area contributed by atoms with Gasteiger partial charge in [-0.1, -0.05) is 39.4 Å². The van der Waals surface area contributed by atoms with E-state index in [9.17, 15) is 9.59 Å². The summed E-state index contributed by atoms with van der Waals surface area (Å²) in [6.45, 7) is 1.85. The molecular weight excluding hydrogens is 530 g/mol. The van der Waals surface area contributed by atoms with Crippen molar-refractivity contribution in [2.75, 3.05) is 19.5 Å². The van der Waals surface area contributed by atoms with E-state index in [0.717, 1.165) is 32.4 Å². The summed E-state index contributed by atoms with van der Waals surface area (Å²) in [6, 6.07) is 11.3. The van der Waals surface area contributed by atoms with E-state index < -0.39 is 11.8 Å². The van der Waals surface area contributed by atoms with Gasteiger partial charge in [0.15, 0.2) is 22.4 Å². The number of hydrogen-bond donors (Lipinski definition) is 1. The number of amides is 1. The third-order valence-corrected chi connectivity index (χ3v) is 7.89. The van der Waals surface area contributed by atoms with Crippen molar-refractivity contribution in [1.82, 2.24) is 4.98 Å². The number of benzene rings is 2. The van der Waals surface area contributed by atoms with Crippen molar-refractivity contribution in [2.45, 2.75) is 32.1 Å². The van der Waals surface area contributed by atoms with Crippen molar-refractivity contribution < 1.29 is 19.1 Å². The molecule has 2 aliphatic rings. The maximum atomic E-state index is 13.8. The van der Waals surface area contributed by atoms with E-state index in [1.54, 1.807) is 20.3 Å². The SMILES string of the molecule is COc1cccc([C@@H]2C3=C(CCCC3=O)N=C(C)C2C(=O)Nc2nc3ccc(Br)cc3s2)c1OC. The number of ether oxygens (including phenoxy) is 2. The Morgan fingerprint density at radius 2 is 2.00 bits per heavy atom. The van der Waals surface area contributed by atoms with E-state index in [0.29, 0.717) is 40.8 Å². The maximum absolute atomic E-state index is 13.8. The fraction of sp³-hybridized carbons (Fsp3) is 0.308. The first-order chi connectivity index (χ1) is 16.9. The van der Waals surface area contributed by atoms with E-state index in [1.807, 2.05) is 37.3 Å². The van der Waals surface area contributed by atoms with E-state index in [2.05, 4.69) is 26.2 Å². The van der Waals surface area contributed by atoms with Crippen molar-refractivity contribution in [3.63, 3.8) is 0 Å². The quantitative estimate of drug-likeness (QED) is 0.425. The molecule has 5 rings (SSSR count). The number of hydrogen-bond acceptors (Lipinski definition) is 7. The van der Waals surface area contributed by atoms with Crippen LogP contribution in [0, 0.1) is 5.92 Å². The van der Waals surface area contributed by atoms with Crippen molar-refractivity contribution in [3.8, 4) is 11.5 Å². The number of thiazole rings is 1. The zero-order chi connectivity index (χ0) is 24.7. The first-order valence-corrected chi connectivity index (χ1v) is 12.9. The number of para-hydroxylation sites is 1. The molecule has 0 radical (unpaired) electrons. The maximum Gasteiger partial charge on any atom is 0.235 e. The molecule has 3 aromatic rings. The number of ketones is 1. The van der Waals surface area contributed by atoms with Crippen LogP contribution in [0.15, 0.2) is 57.1 Å². The van der Waals surface area contributed by atoms with Gasteiger partial charge < -0.3 is 14.8 Å². The number of fused-ring (bicyclic) bond motifs is 1. The average Bonchev–Trinajstić information content (AvgIpc) is 3.23. The summed E-state index contributed by atoms with van der Waals surface area (Å²) >= 11 is 4.88. The number of anilines is 1. The molecule has 0 saturated carbocycles. The fourth-order valence-electron chi connectivity index (χ4n) is 4.97. The van der Waals surface area contributed by atoms with Gasteiger partial charge in [-0.3, -0.25) is 14.6 Å². The number of nitrogens with one attached hydrogen (secondary N) is 1. The topological polar surface area (TPSA) is 89.9 Å². The van der Waals surface area contributed by atoms with Crippen LogP contribution in [0.3, 0.4) is 0 Å². The van der Waals surface area contributed by atoms with Crippen molar-refractivity contribution in [2.24, 2.45) is 10.9 Å². The Morgan fingerprint density at radius 1 is 1.17 bits per heavy atom. The predicted molar refractivity (Wildman–Crippen MR) is 141 cm³/mol. The standard InChI is InChI=1S/C26H24BrN3O4S/c1-13-21(25(32)30-26-29-16-11-10-14(27)12-20(16)35-26)22(23-17(28-13)7-5-8-18(23)31)15-6-4-9-19(33-2)24(15)34-3/h4,6,9-12,21-22H,5,7-8H2,1-3H3,(H,29,30,32)/t21?,22-/m0/s1. The van der Waals surface area contributed by atoms with Crippen LogP contribution in [-0.2, 0) is 9.59 Å². The molecule has 0 saturated heterocycles. The Balaban J connectivity index is 1.60. The van der Waals surface area contributed by atoms with E-state index in [-0.39, 0.29) is 11.7 Å². The molecule has 2 aromatic carbocycles. The van der Waals surface area contributed by atoms with Gasteiger partial charge in [0, 0.05) is 39.4 Å². The van der Waals surface area contributed by atoms with E-state index in [1.165, 1.54) is 11.3 Å². The van der Waals surface area contributed by atoms with Crippen LogP contribution in [0.25, 0.3) is 10.2 Å². The lowest BCUT2D eigenvalue weighted by molar-refractivity contribution is -0.119. The molecule has 1 amide bonds. The highest BCUT2D eigenvalue weighted by Crippen LogP contribution is 2.48. The summed E-state index contributed by atoms with van der Waals surface area (Å²) in [6.07, 6.45) is 1.91. The first-order valence-electron chi connectivity index (χ1n) is 11.3. The lowest BCUT2D eigenvalue weighted by atomic mass is 9.71. The molecule has 2 heterocycles. The average molecular weight is 554 g/mol. The van der Waals surface area contributed by atoms with Gasteiger partial charge in [0.1, 0.15) is 0 Å². The number of allylic oxidation sites excluding steroid dienone is 2. The molecule has 9 heteroatoms. The van der Waals surface area contributed by atoms with Crippen LogP contribution >= 0.6 is 27.3 Å². The monoisotopic (exact) mass is 553 g/mol. The summed E-state index contributed by atoms with van der Waals surface area (Å²) in [7, 11) is 3.14. The van der Waals surface area contributed by atoms with Gasteiger partial charge >= 0.3 is 0 Å². The normalized spacial score (nSPS) is 19.9. The number of rotatable bonds is 5. The van der Waals surface area contributed by atoms with Crippen LogP contribution in [0.2, 0.25) is 0 Å². The van der Waals surface area contributed by atoms with Crippen LogP contribution < -0.4 is 14.8 Å². The minimum atomic E-state index is -0.699. The third-order valence-electron chi connectivity index (χ3n) is 6.47. The van der Waals surface area contributed by atoms with Crippen molar-refractivity contribution >= 4 is 60.0 Å². The summed E-state index contributed by atoms with van der Waals surface area (Å²) in [4.78, 5) is 36.3. The molecule has 1 N–H and O–H groups in total. The van der Waals surface area contributed by atoms with Gasteiger partial charge in [-0.2, -0.15) is 0 Å². The zero-order valence-electron chi connectivity index (χ0n) is 19.6. The lowest BCUT2D eigenvalue weighted by Crippen LogP contribution is -2.39. The smallest absolute Gasteiger partial charge is 0.235 e. The highest BCUT2D eigenvalue weighted by molar-refractivity contribution is 9.10. The zero-order valence-corrected chi connectivity index (χ0v) is 22.0. The Kier molecular flexibility index (Phi) is 6.46. The predicted octanol–water partition coefficient (Wildman–Crippen LogP) is 5.90. The second-order valence-corrected chi connectivity index (χ2v) is 10.5. The molecule has 35 heavy (non-hydrogen) atoms. The van der Waals surface area contributed by atoms with Crippen molar-refractivity contribution in [3.05, 3.63) is 57.7 Å². The van der Waals surface area contributed by atoms with Crippen molar-refractivity contribution in [1.29, 1.82) is 0 Å². The minimum Gasteiger partial charge on any atom is -0.493 e. The van der Waals surface area contributed by atoms with Crippen LogP contribution in [0.4, 0.5) is 5.13 Å². The highest BCUT2D eigenvalue weighted by Gasteiger charge is 2.44.